The summed E-state index contributed by atoms with van der Waals surface area (Å²) in [6.45, 7) is 5.77. The molecule has 0 aromatic rings. The van der Waals surface area contributed by atoms with Crippen LogP contribution in [0.2, 0.25) is 0 Å². The molecule has 0 amide bonds. The van der Waals surface area contributed by atoms with E-state index in [0.717, 1.165) is 18.4 Å². The van der Waals surface area contributed by atoms with Crippen molar-refractivity contribution in [2.45, 2.75) is 57.5 Å². The largest absolute Gasteiger partial charge is 0.314 e. The Hall–Kier alpha value is -0.590. The van der Waals surface area contributed by atoms with Gasteiger partial charge in [-0.15, -0.1) is 0 Å². The van der Waals surface area contributed by atoms with E-state index in [1.807, 2.05) is 0 Å². The van der Waals surface area contributed by atoms with Crippen LogP contribution in [-0.2, 0) is 0 Å². The van der Waals surface area contributed by atoms with Crippen molar-refractivity contribution < 1.29 is 0 Å². The third-order valence-corrected chi connectivity index (χ3v) is 4.24. The number of likely N-dealkylation sites (tertiary alicyclic amines) is 1. The highest BCUT2D eigenvalue weighted by Gasteiger charge is 2.26. The van der Waals surface area contributed by atoms with E-state index in [0.29, 0.717) is 12.5 Å². The van der Waals surface area contributed by atoms with Gasteiger partial charge in [0, 0.05) is 12.1 Å². The lowest BCUT2D eigenvalue weighted by Crippen LogP contribution is -2.46. The zero-order valence-corrected chi connectivity index (χ0v) is 11.0. The summed E-state index contributed by atoms with van der Waals surface area (Å²) < 4.78 is 0. The summed E-state index contributed by atoms with van der Waals surface area (Å²) in [6.07, 6.45) is 7.19. The molecule has 0 spiro atoms. The Kier molecular flexibility index (Phi) is 4.82. The Balaban J connectivity index is 1.67. The molecule has 3 nitrogen and oxygen atoms in total. The van der Waals surface area contributed by atoms with Gasteiger partial charge in [0.15, 0.2) is 0 Å². The molecule has 0 bridgehead atoms. The second kappa shape index (κ2) is 6.37. The molecule has 0 aromatic carbocycles. The average Bonchev–Trinajstić information content (AvgIpc) is 3.18. The van der Waals surface area contributed by atoms with Crippen molar-refractivity contribution in [2.24, 2.45) is 5.92 Å². The standard InChI is InChI=1S/C14H25N3/c1-2-14(5-8-15)17-9-6-13(7-10-17)16-11-12-3-4-12/h12-14,16H,2-7,9-11H2,1H3. The van der Waals surface area contributed by atoms with E-state index < -0.39 is 0 Å². The summed E-state index contributed by atoms with van der Waals surface area (Å²) in [7, 11) is 0. The Morgan fingerprint density at radius 1 is 1.29 bits per heavy atom. The van der Waals surface area contributed by atoms with Crippen molar-refractivity contribution >= 4 is 0 Å². The van der Waals surface area contributed by atoms with Gasteiger partial charge in [-0.2, -0.15) is 5.26 Å². The molecule has 1 unspecified atom stereocenters. The van der Waals surface area contributed by atoms with Gasteiger partial charge in [0.2, 0.25) is 0 Å². The van der Waals surface area contributed by atoms with Crippen molar-refractivity contribution in [1.29, 1.82) is 5.26 Å². The van der Waals surface area contributed by atoms with Crippen molar-refractivity contribution in [3.05, 3.63) is 0 Å². The normalized spacial score (nSPS) is 24.5. The minimum Gasteiger partial charge on any atom is -0.314 e. The van der Waals surface area contributed by atoms with E-state index >= 15 is 0 Å². The lowest BCUT2D eigenvalue weighted by Gasteiger charge is -2.36. The van der Waals surface area contributed by atoms with E-state index in [2.05, 4.69) is 23.2 Å². The van der Waals surface area contributed by atoms with Gasteiger partial charge in [0.25, 0.3) is 0 Å². The highest BCUT2D eigenvalue weighted by molar-refractivity contribution is 4.87. The fourth-order valence-corrected chi connectivity index (χ4v) is 2.76. The van der Waals surface area contributed by atoms with E-state index in [-0.39, 0.29) is 0 Å². The molecule has 2 aliphatic rings. The molecule has 17 heavy (non-hydrogen) atoms. The van der Waals surface area contributed by atoms with Gasteiger partial charge in [-0.3, -0.25) is 4.90 Å². The quantitative estimate of drug-likeness (QED) is 0.766. The van der Waals surface area contributed by atoms with Crippen LogP contribution in [0.4, 0.5) is 0 Å². The lowest BCUT2D eigenvalue weighted by molar-refractivity contribution is 0.141. The highest BCUT2D eigenvalue weighted by atomic mass is 15.2. The molecule has 3 heteroatoms. The van der Waals surface area contributed by atoms with Crippen LogP contribution in [0, 0.1) is 17.2 Å². The molecule has 0 radical (unpaired) electrons. The van der Waals surface area contributed by atoms with Gasteiger partial charge in [-0.1, -0.05) is 6.92 Å². The molecule has 1 aliphatic carbocycles. The molecular formula is C14H25N3. The SMILES string of the molecule is CCC(CC#N)N1CCC(NCC2CC2)CC1. The zero-order chi connectivity index (χ0) is 12.1. The zero-order valence-electron chi connectivity index (χ0n) is 11.0. The number of nitrogens with zero attached hydrogens (tertiary/aromatic N) is 2. The lowest BCUT2D eigenvalue weighted by atomic mass is 10.0. The number of hydrogen-bond acceptors (Lipinski definition) is 3. The first-order valence-corrected chi connectivity index (χ1v) is 7.17. The molecular weight excluding hydrogens is 210 g/mol. The van der Waals surface area contributed by atoms with Gasteiger partial charge in [0.05, 0.1) is 12.5 Å². The van der Waals surface area contributed by atoms with Crippen LogP contribution >= 0.6 is 0 Å². The molecule has 1 saturated heterocycles. The van der Waals surface area contributed by atoms with Crippen LogP contribution in [0.3, 0.4) is 0 Å². The summed E-state index contributed by atoms with van der Waals surface area (Å²) in [6, 6.07) is 3.54. The summed E-state index contributed by atoms with van der Waals surface area (Å²) in [5.41, 5.74) is 0. The van der Waals surface area contributed by atoms with Crippen molar-refractivity contribution in [1.82, 2.24) is 10.2 Å². The topological polar surface area (TPSA) is 39.1 Å². The molecule has 96 valence electrons. The molecule has 1 heterocycles. The average molecular weight is 235 g/mol. The first-order valence-electron chi connectivity index (χ1n) is 7.17. The van der Waals surface area contributed by atoms with Crippen LogP contribution < -0.4 is 5.32 Å². The predicted molar refractivity (Wildman–Crippen MR) is 69.6 cm³/mol. The molecule has 2 fully saturated rings. The van der Waals surface area contributed by atoms with Crippen LogP contribution in [0.5, 0.6) is 0 Å². The third kappa shape index (κ3) is 3.97. The van der Waals surface area contributed by atoms with Crippen molar-refractivity contribution in [3.63, 3.8) is 0 Å². The van der Waals surface area contributed by atoms with Gasteiger partial charge in [-0.25, -0.2) is 0 Å². The Morgan fingerprint density at radius 2 is 2.00 bits per heavy atom. The maximum atomic E-state index is 8.81. The Bertz CT molecular complexity index is 259. The Morgan fingerprint density at radius 3 is 2.53 bits per heavy atom. The van der Waals surface area contributed by atoms with Crippen molar-refractivity contribution in [2.75, 3.05) is 19.6 Å². The molecule has 1 aliphatic heterocycles. The Labute approximate surface area is 105 Å². The fraction of sp³-hybridized carbons (Fsp3) is 0.929. The number of nitrogens with one attached hydrogen (secondary N) is 1. The molecule has 2 rings (SSSR count). The van der Waals surface area contributed by atoms with Crippen LogP contribution in [0.1, 0.15) is 45.4 Å². The fourth-order valence-electron chi connectivity index (χ4n) is 2.76. The van der Waals surface area contributed by atoms with Gasteiger partial charge in [0.1, 0.15) is 0 Å². The second-order valence-corrected chi connectivity index (χ2v) is 5.59. The third-order valence-electron chi connectivity index (χ3n) is 4.24. The molecule has 0 aromatic heterocycles. The molecule has 1 N–H and O–H groups in total. The summed E-state index contributed by atoms with van der Waals surface area (Å²) >= 11 is 0. The first kappa shape index (κ1) is 12.9. The minimum absolute atomic E-state index is 0.490. The van der Waals surface area contributed by atoms with E-state index in [1.165, 1.54) is 45.3 Å². The van der Waals surface area contributed by atoms with E-state index in [9.17, 15) is 0 Å². The number of hydrogen-bond donors (Lipinski definition) is 1. The number of nitriles is 1. The highest BCUT2D eigenvalue weighted by Crippen LogP contribution is 2.28. The van der Waals surface area contributed by atoms with Crippen molar-refractivity contribution in [3.8, 4) is 6.07 Å². The summed E-state index contributed by atoms with van der Waals surface area (Å²) in [5, 5.41) is 12.5. The second-order valence-electron chi connectivity index (χ2n) is 5.59. The maximum absolute atomic E-state index is 8.81. The van der Waals surface area contributed by atoms with Crippen LogP contribution in [0.25, 0.3) is 0 Å². The minimum atomic E-state index is 0.490. The van der Waals surface area contributed by atoms with Gasteiger partial charge < -0.3 is 5.32 Å². The van der Waals surface area contributed by atoms with Crippen LogP contribution in [0.15, 0.2) is 0 Å². The molecule has 1 saturated carbocycles. The number of rotatable bonds is 6. The van der Waals surface area contributed by atoms with E-state index in [4.69, 9.17) is 5.26 Å². The molecule has 1 atom stereocenters. The van der Waals surface area contributed by atoms with Gasteiger partial charge in [-0.05, 0) is 57.7 Å². The van der Waals surface area contributed by atoms with Crippen LogP contribution in [-0.4, -0.2) is 36.6 Å². The smallest absolute Gasteiger partial charge is 0.0638 e. The van der Waals surface area contributed by atoms with E-state index in [1.54, 1.807) is 0 Å². The summed E-state index contributed by atoms with van der Waals surface area (Å²) in [4.78, 5) is 2.51. The number of piperidine rings is 1. The van der Waals surface area contributed by atoms with Gasteiger partial charge >= 0.3 is 0 Å². The summed E-state index contributed by atoms with van der Waals surface area (Å²) in [5.74, 6) is 0.981. The monoisotopic (exact) mass is 235 g/mol. The predicted octanol–water partition coefficient (Wildman–Crippen LogP) is 2.14. The maximum Gasteiger partial charge on any atom is 0.0638 e. The first-order chi connectivity index (χ1) is 8.33.